The molecule has 0 saturated heterocycles. The molecule has 0 spiro atoms. The first-order valence-corrected chi connectivity index (χ1v) is 7.62. The van der Waals surface area contributed by atoms with E-state index in [1.807, 2.05) is 24.3 Å². The number of aryl methyl sites for hydroxylation is 1. The van der Waals surface area contributed by atoms with E-state index in [0.29, 0.717) is 16.9 Å². The minimum Gasteiger partial charge on any atom is -0.497 e. The molecule has 3 rings (SSSR count). The molecule has 0 aliphatic rings. The number of rotatable bonds is 5. The summed E-state index contributed by atoms with van der Waals surface area (Å²) in [5.41, 5.74) is 7.30. The molecule has 0 saturated carbocycles. The highest BCUT2D eigenvalue weighted by Crippen LogP contribution is 2.33. The minimum atomic E-state index is -0.576. The summed E-state index contributed by atoms with van der Waals surface area (Å²) >= 11 is 0. The molecule has 1 amide bonds. The second kappa shape index (κ2) is 6.68. The molecule has 0 fully saturated rings. The molecule has 3 aromatic rings. The van der Waals surface area contributed by atoms with Crippen LogP contribution in [0.3, 0.4) is 0 Å². The highest BCUT2D eigenvalue weighted by molar-refractivity contribution is 5.95. The maximum absolute atomic E-state index is 12.0. The van der Waals surface area contributed by atoms with Crippen molar-refractivity contribution < 1.29 is 18.7 Å². The Balaban J connectivity index is 2.15. The average Bonchev–Trinajstić information content (AvgIpc) is 2.61. The molecule has 0 radical (unpaired) electrons. The summed E-state index contributed by atoms with van der Waals surface area (Å²) in [7, 11) is 1.60. The monoisotopic (exact) mass is 339 g/mol. The van der Waals surface area contributed by atoms with Crippen molar-refractivity contribution in [1.82, 2.24) is 0 Å². The third kappa shape index (κ3) is 3.33. The van der Waals surface area contributed by atoms with Gasteiger partial charge in [-0.05, 0) is 42.3 Å². The number of ether oxygens (including phenoxy) is 2. The number of carbonyl (C=O) groups is 1. The van der Waals surface area contributed by atoms with Crippen LogP contribution in [-0.4, -0.2) is 19.6 Å². The van der Waals surface area contributed by atoms with Gasteiger partial charge in [-0.15, -0.1) is 0 Å². The van der Waals surface area contributed by atoms with Gasteiger partial charge in [0.05, 0.1) is 7.11 Å². The summed E-state index contributed by atoms with van der Waals surface area (Å²) < 4.78 is 15.9. The van der Waals surface area contributed by atoms with E-state index in [1.54, 1.807) is 26.2 Å². The molecular formula is C19H17NO5. The van der Waals surface area contributed by atoms with E-state index >= 15 is 0 Å². The van der Waals surface area contributed by atoms with Crippen molar-refractivity contribution >= 4 is 16.9 Å². The number of fused-ring (bicyclic) bond motifs is 1. The molecule has 1 heterocycles. The summed E-state index contributed by atoms with van der Waals surface area (Å²) in [5.74, 6) is 0.601. The molecule has 0 bridgehead atoms. The van der Waals surface area contributed by atoms with Crippen LogP contribution >= 0.6 is 0 Å². The Labute approximate surface area is 143 Å². The fourth-order valence-electron chi connectivity index (χ4n) is 2.66. The molecule has 2 aromatic carbocycles. The first-order valence-electron chi connectivity index (χ1n) is 7.62. The third-order valence-corrected chi connectivity index (χ3v) is 3.88. The number of nitrogens with two attached hydrogens (primary N) is 1. The van der Waals surface area contributed by atoms with Crippen LogP contribution < -0.4 is 20.8 Å². The van der Waals surface area contributed by atoms with Crippen LogP contribution in [-0.2, 0) is 4.79 Å². The Bertz CT molecular complexity index is 989. The standard InChI is InChI=1S/C19H17NO5/c1-11-16(24-10-17(20)21)8-7-14-15(9-18(22)25-19(11)14)12-3-5-13(23-2)6-4-12/h3-9H,10H2,1-2H3,(H2,20,21). The second-order valence-corrected chi connectivity index (χ2v) is 5.53. The summed E-state index contributed by atoms with van der Waals surface area (Å²) in [6.45, 7) is 1.52. The largest absolute Gasteiger partial charge is 0.497 e. The van der Waals surface area contributed by atoms with Crippen molar-refractivity contribution in [2.75, 3.05) is 13.7 Å². The molecule has 6 heteroatoms. The predicted molar refractivity (Wildman–Crippen MR) is 93.9 cm³/mol. The Hall–Kier alpha value is -3.28. The second-order valence-electron chi connectivity index (χ2n) is 5.53. The summed E-state index contributed by atoms with van der Waals surface area (Å²) in [6, 6.07) is 12.4. The first kappa shape index (κ1) is 16.6. The number of amides is 1. The van der Waals surface area contributed by atoms with Crippen molar-refractivity contribution in [3.05, 3.63) is 58.4 Å². The number of carbonyl (C=O) groups excluding carboxylic acids is 1. The van der Waals surface area contributed by atoms with E-state index in [2.05, 4.69) is 0 Å². The molecule has 0 aliphatic carbocycles. The van der Waals surface area contributed by atoms with Gasteiger partial charge in [0.1, 0.15) is 17.1 Å². The lowest BCUT2D eigenvalue weighted by molar-refractivity contribution is -0.119. The van der Waals surface area contributed by atoms with E-state index in [0.717, 1.165) is 22.3 Å². The SMILES string of the molecule is COc1ccc(-c2cc(=O)oc3c(C)c(OCC(N)=O)ccc23)cc1. The van der Waals surface area contributed by atoms with E-state index in [9.17, 15) is 9.59 Å². The van der Waals surface area contributed by atoms with Gasteiger partial charge in [0, 0.05) is 17.0 Å². The normalized spacial score (nSPS) is 10.6. The lowest BCUT2D eigenvalue weighted by Crippen LogP contribution is -2.20. The Morgan fingerprint density at radius 1 is 1.16 bits per heavy atom. The summed E-state index contributed by atoms with van der Waals surface area (Å²) in [5, 5.41) is 0.772. The van der Waals surface area contributed by atoms with E-state index < -0.39 is 11.5 Å². The van der Waals surface area contributed by atoms with Crippen LogP contribution in [0.25, 0.3) is 22.1 Å². The van der Waals surface area contributed by atoms with Crippen molar-refractivity contribution in [3.63, 3.8) is 0 Å². The quantitative estimate of drug-likeness (QED) is 0.722. The maximum Gasteiger partial charge on any atom is 0.336 e. The van der Waals surface area contributed by atoms with Crippen molar-refractivity contribution in [1.29, 1.82) is 0 Å². The molecule has 2 N–H and O–H groups in total. The van der Waals surface area contributed by atoms with Crippen LogP contribution in [0.2, 0.25) is 0 Å². The molecule has 25 heavy (non-hydrogen) atoms. The van der Waals surface area contributed by atoms with E-state index in [1.165, 1.54) is 6.07 Å². The molecule has 0 unspecified atom stereocenters. The predicted octanol–water partition coefficient (Wildman–Crippen LogP) is 2.64. The first-order chi connectivity index (χ1) is 12.0. The number of hydrogen-bond acceptors (Lipinski definition) is 5. The number of primary amides is 1. The summed E-state index contributed by atoms with van der Waals surface area (Å²) in [6.07, 6.45) is 0. The lowest BCUT2D eigenvalue weighted by Gasteiger charge is -2.12. The Morgan fingerprint density at radius 2 is 1.88 bits per heavy atom. The van der Waals surface area contributed by atoms with Gasteiger partial charge in [0.15, 0.2) is 6.61 Å². The molecule has 0 atom stereocenters. The number of hydrogen-bond donors (Lipinski definition) is 1. The van der Waals surface area contributed by atoms with Gasteiger partial charge in [0.2, 0.25) is 0 Å². The molecule has 1 aromatic heterocycles. The minimum absolute atomic E-state index is 0.241. The Morgan fingerprint density at radius 3 is 2.52 bits per heavy atom. The van der Waals surface area contributed by atoms with Gasteiger partial charge in [0.25, 0.3) is 5.91 Å². The van der Waals surface area contributed by atoms with Crippen LogP contribution in [0.5, 0.6) is 11.5 Å². The van der Waals surface area contributed by atoms with Gasteiger partial charge in [-0.1, -0.05) is 12.1 Å². The zero-order valence-electron chi connectivity index (χ0n) is 13.9. The van der Waals surface area contributed by atoms with E-state index in [-0.39, 0.29) is 6.61 Å². The fourth-order valence-corrected chi connectivity index (χ4v) is 2.66. The van der Waals surface area contributed by atoms with Crippen molar-refractivity contribution in [2.45, 2.75) is 6.92 Å². The van der Waals surface area contributed by atoms with Crippen LogP contribution in [0.1, 0.15) is 5.56 Å². The molecular weight excluding hydrogens is 322 g/mol. The average molecular weight is 339 g/mol. The van der Waals surface area contributed by atoms with Crippen LogP contribution in [0.15, 0.2) is 51.7 Å². The van der Waals surface area contributed by atoms with Gasteiger partial charge in [-0.3, -0.25) is 4.79 Å². The van der Waals surface area contributed by atoms with Gasteiger partial charge >= 0.3 is 5.63 Å². The van der Waals surface area contributed by atoms with Crippen LogP contribution in [0.4, 0.5) is 0 Å². The smallest absolute Gasteiger partial charge is 0.336 e. The Kier molecular flexibility index (Phi) is 4.43. The lowest BCUT2D eigenvalue weighted by atomic mass is 10.00. The highest BCUT2D eigenvalue weighted by Gasteiger charge is 2.13. The number of methoxy groups -OCH3 is 1. The highest BCUT2D eigenvalue weighted by atomic mass is 16.5. The molecule has 128 valence electrons. The molecule has 0 aliphatic heterocycles. The fraction of sp³-hybridized carbons (Fsp3) is 0.158. The van der Waals surface area contributed by atoms with Crippen molar-refractivity contribution in [2.24, 2.45) is 5.73 Å². The van der Waals surface area contributed by atoms with Gasteiger partial charge in [-0.25, -0.2) is 4.79 Å². The topological polar surface area (TPSA) is 91.8 Å². The van der Waals surface area contributed by atoms with Gasteiger partial charge < -0.3 is 19.6 Å². The molecule has 6 nitrogen and oxygen atoms in total. The zero-order chi connectivity index (χ0) is 18.0. The van der Waals surface area contributed by atoms with Crippen LogP contribution in [0, 0.1) is 6.92 Å². The number of benzene rings is 2. The van der Waals surface area contributed by atoms with Gasteiger partial charge in [-0.2, -0.15) is 0 Å². The maximum atomic E-state index is 12.0. The summed E-state index contributed by atoms with van der Waals surface area (Å²) in [4.78, 5) is 22.9. The zero-order valence-corrected chi connectivity index (χ0v) is 13.9. The third-order valence-electron chi connectivity index (χ3n) is 3.88. The van der Waals surface area contributed by atoms with E-state index in [4.69, 9.17) is 19.6 Å². The van der Waals surface area contributed by atoms with Crippen molar-refractivity contribution in [3.8, 4) is 22.6 Å².